The molecule has 146 valence electrons. The molecule has 1 heterocycles. The van der Waals surface area contributed by atoms with Crippen LogP contribution in [-0.4, -0.2) is 28.6 Å². The summed E-state index contributed by atoms with van der Waals surface area (Å²) in [5.74, 6) is 1.06. The molecule has 1 N–H and O–H groups in total. The van der Waals surface area contributed by atoms with E-state index in [9.17, 15) is 8.42 Å². The van der Waals surface area contributed by atoms with E-state index in [0.717, 1.165) is 30.4 Å². The number of sulfonamides is 1. The Balaban J connectivity index is 1.57. The number of nitrogens with one attached hydrogen (secondary N) is 1. The van der Waals surface area contributed by atoms with Gasteiger partial charge in [-0.3, -0.25) is 4.72 Å². The summed E-state index contributed by atoms with van der Waals surface area (Å²) in [6.45, 7) is 4.24. The Kier molecular flexibility index (Phi) is 4.89. The highest BCUT2D eigenvalue weighted by molar-refractivity contribution is 7.92. The van der Waals surface area contributed by atoms with Gasteiger partial charge in [0, 0.05) is 11.3 Å². The van der Waals surface area contributed by atoms with Crippen LogP contribution in [0.2, 0.25) is 0 Å². The van der Waals surface area contributed by atoms with E-state index >= 15 is 0 Å². The second kappa shape index (κ2) is 7.35. The van der Waals surface area contributed by atoms with Crippen LogP contribution in [0.1, 0.15) is 50.6 Å². The summed E-state index contributed by atoms with van der Waals surface area (Å²) in [7, 11) is -3.67. The van der Waals surface area contributed by atoms with Gasteiger partial charge in [-0.25, -0.2) is 13.1 Å². The highest BCUT2D eigenvalue weighted by Crippen LogP contribution is 2.37. The van der Waals surface area contributed by atoms with E-state index in [1.165, 1.54) is 0 Å². The monoisotopic (exact) mass is 397 g/mol. The maximum Gasteiger partial charge on any atom is 0.261 e. The van der Waals surface area contributed by atoms with Crippen molar-refractivity contribution in [1.82, 2.24) is 20.2 Å². The molecule has 7 nitrogen and oxygen atoms in total. The van der Waals surface area contributed by atoms with Gasteiger partial charge in [0.25, 0.3) is 10.0 Å². The van der Waals surface area contributed by atoms with Crippen molar-refractivity contribution in [2.45, 2.75) is 50.0 Å². The second-order valence-corrected chi connectivity index (χ2v) is 8.93. The van der Waals surface area contributed by atoms with Crippen LogP contribution in [0.3, 0.4) is 0 Å². The van der Waals surface area contributed by atoms with E-state index in [1.54, 1.807) is 35.0 Å². The van der Waals surface area contributed by atoms with Crippen molar-refractivity contribution in [3.8, 4) is 11.4 Å². The molecule has 8 heteroatoms. The van der Waals surface area contributed by atoms with Gasteiger partial charge in [0.15, 0.2) is 5.82 Å². The van der Waals surface area contributed by atoms with E-state index < -0.39 is 10.0 Å². The number of rotatable bonds is 7. The summed E-state index contributed by atoms with van der Waals surface area (Å²) in [4.78, 5) is 0.243. The fraction of sp³-hybridized carbons (Fsp3) is 0.350. The van der Waals surface area contributed by atoms with Crippen molar-refractivity contribution in [3.63, 3.8) is 0 Å². The van der Waals surface area contributed by atoms with E-state index in [1.807, 2.05) is 18.2 Å². The Morgan fingerprint density at radius 2 is 1.93 bits per heavy atom. The zero-order valence-electron chi connectivity index (χ0n) is 15.9. The Hall–Kier alpha value is -2.74. The van der Waals surface area contributed by atoms with Gasteiger partial charge in [-0.2, -0.15) is 0 Å². The molecule has 0 aliphatic heterocycles. The van der Waals surface area contributed by atoms with Crippen LogP contribution in [0.25, 0.3) is 11.4 Å². The molecule has 3 aromatic rings. The van der Waals surface area contributed by atoms with E-state index in [4.69, 9.17) is 0 Å². The minimum atomic E-state index is -3.67. The molecule has 1 aliphatic rings. The highest BCUT2D eigenvalue weighted by atomic mass is 32.2. The summed E-state index contributed by atoms with van der Waals surface area (Å²) >= 11 is 0. The predicted molar refractivity (Wildman–Crippen MR) is 107 cm³/mol. The van der Waals surface area contributed by atoms with Crippen molar-refractivity contribution < 1.29 is 8.42 Å². The predicted octanol–water partition coefficient (Wildman–Crippen LogP) is 3.99. The van der Waals surface area contributed by atoms with Crippen LogP contribution in [0.4, 0.5) is 5.69 Å². The van der Waals surface area contributed by atoms with Gasteiger partial charge in [-0.05, 0) is 65.4 Å². The third-order valence-corrected chi connectivity index (χ3v) is 6.53. The molecular formula is C20H23N5O2S. The van der Waals surface area contributed by atoms with Crippen LogP contribution < -0.4 is 4.72 Å². The molecule has 1 fully saturated rings. The van der Waals surface area contributed by atoms with Gasteiger partial charge < -0.3 is 0 Å². The Labute approximate surface area is 164 Å². The lowest BCUT2D eigenvalue weighted by atomic mass is 9.99. The lowest BCUT2D eigenvalue weighted by Gasteiger charge is -2.12. The second-order valence-electron chi connectivity index (χ2n) is 7.24. The van der Waals surface area contributed by atoms with Crippen LogP contribution >= 0.6 is 0 Å². The van der Waals surface area contributed by atoms with Crippen LogP contribution in [-0.2, 0) is 10.0 Å². The average molecular weight is 398 g/mol. The fourth-order valence-electron chi connectivity index (χ4n) is 3.10. The fourth-order valence-corrected chi connectivity index (χ4v) is 4.15. The molecule has 1 aromatic heterocycles. The van der Waals surface area contributed by atoms with Crippen molar-refractivity contribution >= 4 is 15.7 Å². The number of aromatic nitrogens is 4. The number of benzene rings is 2. The zero-order valence-corrected chi connectivity index (χ0v) is 16.7. The lowest BCUT2D eigenvalue weighted by molar-refractivity contribution is 0.601. The molecule has 0 saturated heterocycles. The van der Waals surface area contributed by atoms with Crippen molar-refractivity contribution in [3.05, 3.63) is 54.1 Å². The van der Waals surface area contributed by atoms with Crippen molar-refractivity contribution in [1.29, 1.82) is 0 Å². The number of nitrogens with zero attached hydrogens (tertiary/aromatic N) is 4. The third-order valence-electron chi connectivity index (χ3n) is 5.13. The first-order valence-corrected chi connectivity index (χ1v) is 11.0. The molecule has 2 aromatic carbocycles. The summed E-state index contributed by atoms with van der Waals surface area (Å²) in [5, 5.41) is 11.9. The van der Waals surface area contributed by atoms with Gasteiger partial charge in [0.1, 0.15) is 0 Å². The first-order valence-electron chi connectivity index (χ1n) is 9.49. The topological polar surface area (TPSA) is 89.8 Å². The molecule has 0 spiro atoms. The molecular weight excluding hydrogens is 374 g/mol. The normalized spacial score (nSPS) is 15.4. The lowest BCUT2D eigenvalue weighted by Crippen LogP contribution is -2.13. The summed E-state index contributed by atoms with van der Waals surface area (Å²) < 4.78 is 30.0. The number of hydrogen-bond donors (Lipinski definition) is 1. The van der Waals surface area contributed by atoms with E-state index in [2.05, 4.69) is 34.1 Å². The molecule has 0 bridgehead atoms. The van der Waals surface area contributed by atoms with Crippen LogP contribution in [0.5, 0.6) is 0 Å². The Bertz CT molecular complexity index is 1070. The van der Waals surface area contributed by atoms with E-state index in [-0.39, 0.29) is 4.90 Å². The molecule has 0 amide bonds. The standard InChI is InChI=1S/C20H23N5O2S/c1-3-14(2)15-7-11-19(12-8-15)28(26,27)22-17-6-4-5-16(13-17)20-21-23-24-25(20)18-9-10-18/h4-8,11-14,18,22H,3,9-10H2,1-2H3. The first kappa shape index (κ1) is 18.6. The van der Waals surface area contributed by atoms with Gasteiger partial charge >= 0.3 is 0 Å². The molecule has 1 aliphatic carbocycles. The van der Waals surface area contributed by atoms with Crippen LogP contribution in [0, 0.1) is 0 Å². The number of tetrazole rings is 1. The van der Waals surface area contributed by atoms with Crippen LogP contribution in [0.15, 0.2) is 53.4 Å². The van der Waals surface area contributed by atoms with Crippen molar-refractivity contribution in [2.75, 3.05) is 4.72 Å². The van der Waals surface area contributed by atoms with E-state index in [0.29, 0.717) is 23.5 Å². The summed E-state index contributed by atoms with van der Waals surface area (Å²) in [6.07, 6.45) is 3.14. The highest BCUT2D eigenvalue weighted by Gasteiger charge is 2.28. The maximum absolute atomic E-state index is 12.8. The molecule has 1 saturated carbocycles. The molecule has 28 heavy (non-hydrogen) atoms. The zero-order chi connectivity index (χ0) is 19.7. The van der Waals surface area contributed by atoms with Gasteiger partial charge in [-0.15, -0.1) is 5.10 Å². The number of anilines is 1. The van der Waals surface area contributed by atoms with Crippen molar-refractivity contribution in [2.24, 2.45) is 0 Å². The minimum absolute atomic E-state index is 0.243. The Morgan fingerprint density at radius 3 is 2.61 bits per heavy atom. The van der Waals surface area contributed by atoms with Gasteiger partial charge in [0.2, 0.25) is 0 Å². The average Bonchev–Trinajstić information content (AvgIpc) is 3.43. The third kappa shape index (κ3) is 3.77. The van der Waals surface area contributed by atoms with Gasteiger partial charge in [-0.1, -0.05) is 38.1 Å². The molecule has 4 rings (SSSR count). The minimum Gasteiger partial charge on any atom is -0.280 e. The SMILES string of the molecule is CCC(C)c1ccc(S(=O)(=O)Nc2cccc(-c3nnnn3C3CC3)c2)cc1. The first-order chi connectivity index (χ1) is 13.5. The molecule has 1 atom stereocenters. The quantitative estimate of drug-likeness (QED) is 0.651. The Morgan fingerprint density at radius 1 is 1.18 bits per heavy atom. The smallest absolute Gasteiger partial charge is 0.261 e. The molecule has 1 unspecified atom stereocenters. The maximum atomic E-state index is 12.8. The van der Waals surface area contributed by atoms with Gasteiger partial charge in [0.05, 0.1) is 10.9 Å². The largest absolute Gasteiger partial charge is 0.280 e. The molecule has 0 radical (unpaired) electrons. The number of hydrogen-bond acceptors (Lipinski definition) is 5. The summed E-state index contributed by atoms with van der Waals surface area (Å²) in [6, 6.07) is 14.6. The summed E-state index contributed by atoms with van der Waals surface area (Å²) in [5.41, 5.74) is 2.40.